The number of nitrogens with one attached hydrogen (secondary N) is 3. The lowest BCUT2D eigenvalue weighted by molar-refractivity contribution is -0.152. The lowest BCUT2D eigenvalue weighted by Gasteiger charge is -2.24. The molecule has 3 heterocycles. The van der Waals surface area contributed by atoms with Crippen LogP contribution in [0.15, 0.2) is 72.8 Å². The van der Waals surface area contributed by atoms with Gasteiger partial charge in [0.05, 0.1) is 32.8 Å². The highest BCUT2D eigenvalue weighted by Gasteiger charge is 2.52. The van der Waals surface area contributed by atoms with Crippen molar-refractivity contribution < 1.29 is 28.2 Å². The van der Waals surface area contributed by atoms with Crippen LogP contribution in [0.2, 0.25) is 0 Å². The fourth-order valence-electron chi connectivity index (χ4n) is 6.25. The van der Waals surface area contributed by atoms with E-state index in [4.69, 9.17) is 9.47 Å². The molecule has 11 heteroatoms. The minimum atomic E-state index is -1.69. The Labute approximate surface area is 260 Å². The fraction of sp³-hybridized carbons (Fsp3) is 0.281. The van der Waals surface area contributed by atoms with Gasteiger partial charge in [0.1, 0.15) is 6.04 Å². The van der Waals surface area contributed by atoms with E-state index in [1.165, 1.54) is 4.90 Å². The SMILES string of the molecule is O=C(NCC(=O)N1CC2(C[C@H]1C(=O)NCc1cc3ccccc3[nH]1)OCCO2)c1ccc2c(c1)-c1ccccc1C2(F)I. The molecule has 0 saturated carbocycles. The largest absolute Gasteiger partial charge is 0.357 e. The summed E-state index contributed by atoms with van der Waals surface area (Å²) in [7, 11) is 0. The number of fused-ring (bicyclic) bond motifs is 4. The second kappa shape index (κ2) is 10.7. The van der Waals surface area contributed by atoms with Gasteiger partial charge in [0.25, 0.3) is 5.91 Å². The summed E-state index contributed by atoms with van der Waals surface area (Å²) in [6, 6.07) is 21.0. The molecule has 0 bridgehead atoms. The third kappa shape index (κ3) is 4.98. The van der Waals surface area contributed by atoms with Crippen LogP contribution in [-0.4, -0.2) is 65.7 Å². The molecular weight excluding hydrogens is 666 g/mol. The third-order valence-corrected chi connectivity index (χ3v) is 9.51. The Balaban J connectivity index is 1.04. The number of hydrogen-bond acceptors (Lipinski definition) is 5. The number of halogens is 2. The first-order valence-electron chi connectivity index (χ1n) is 14.1. The summed E-state index contributed by atoms with van der Waals surface area (Å²) in [6.07, 6.45) is 0.191. The van der Waals surface area contributed by atoms with Gasteiger partial charge in [0.15, 0.2) is 5.79 Å². The van der Waals surface area contributed by atoms with Gasteiger partial charge >= 0.3 is 0 Å². The highest BCUT2D eigenvalue weighted by atomic mass is 127. The van der Waals surface area contributed by atoms with Crippen molar-refractivity contribution in [2.75, 3.05) is 26.3 Å². The lowest BCUT2D eigenvalue weighted by atomic mass is 10.0. The summed E-state index contributed by atoms with van der Waals surface area (Å²) >= 11 is 1.79. The molecule has 3 N–H and O–H groups in total. The van der Waals surface area contributed by atoms with Crippen LogP contribution in [-0.2, 0) is 29.3 Å². The highest BCUT2D eigenvalue weighted by Crippen LogP contribution is 2.54. The normalized spacial score (nSPS) is 21.6. The molecule has 2 saturated heterocycles. The van der Waals surface area contributed by atoms with Gasteiger partial charge in [0.2, 0.25) is 15.5 Å². The van der Waals surface area contributed by atoms with Gasteiger partial charge in [-0.15, -0.1) is 0 Å². The molecule has 2 atom stereocenters. The minimum Gasteiger partial charge on any atom is -0.357 e. The number of aromatic nitrogens is 1. The van der Waals surface area contributed by atoms with E-state index < -0.39 is 27.3 Å². The topological polar surface area (TPSA) is 113 Å². The van der Waals surface area contributed by atoms with Gasteiger partial charge in [0, 0.05) is 34.3 Å². The molecule has 1 spiro atoms. The van der Waals surface area contributed by atoms with E-state index >= 15 is 4.39 Å². The Morgan fingerprint density at radius 1 is 0.953 bits per heavy atom. The molecule has 1 aromatic heterocycles. The van der Waals surface area contributed by atoms with Gasteiger partial charge in [-0.25, -0.2) is 4.39 Å². The lowest BCUT2D eigenvalue weighted by Crippen LogP contribution is -2.49. The number of H-pyrrole nitrogens is 1. The van der Waals surface area contributed by atoms with E-state index in [9.17, 15) is 14.4 Å². The molecule has 3 amide bonds. The Bertz CT molecular complexity index is 1730. The molecule has 2 fully saturated rings. The van der Waals surface area contributed by atoms with Crippen LogP contribution in [0.5, 0.6) is 0 Å². The van der Waals surface area contributed by atoms with Crippen molar-refractivity contribution in [1.82, 2.24) is 20.5 Å². The van der Waals surface area contributed by atoms with Crippen LogP contribution in [0, 0.1) is 0 Å². The summed E-state index contributed by atoms with van der Waals surface area (Å²) < 4.78 is 25.5. The highest BCUT2D eigenvalue weighted by molar-refractivity contribution is 14.1. The fourth-order valence-corrected chi connectivity index (χ4v) is 7.19. The maximum absolute atomic E-state index is 15.6. The molecule has 7 rings (SSSR count). The minimum absolute atomic E-state index is 0.0794. The second-order valence-corrected chi connectivity index (χ2v) is 12.5. The van der Waals surface area contributed by atoms with Gasteiger partial charge < -0.3 is 30.0 Å². The smallest absolute Gasteiger partial charge is 0.251 e. The van der Waals surface area contributed by atoms with Crippen molar-refractivity contribution in [1.29, 1.82) is 0 Å². The van der Waals surface area contributed by atoms with E-state index in [0.29, 0.717) is 35.5 Å². The first kappa shape index (κ1) is 28.0. The number of nitrogens with zero attached hydrogens (tertiary/aromatic N) is 1. The quantitative estimate of drug-likeness (QED) is 0.208. The predicted octanol–water partition coefficient (Wildman–Crippen LogP) is 4.14. The van der Waals surface area contributed by atoms with Gasteiger partial charge in [-0.3, -0.25) is 14.4 Å². The third-order valence-electron chi connectivity index (χ3n) is 8.34. The molecule has 3 aromatic carbocycles. The first-order valence-corrected chi connectivity index (χ1v) is 15.1. The van der Waals surface area contributed by atoms with E-state index in [1.54, 1.807) is 52.9 Å². The molecular formula is C32H28FIN4O5. The molecule has 220 valence electrons. The van der Waals surface area contributed by atoms with Crippen molar-refractivity contribution >= 4 is 51.2 Å². The Kier molecular flexibility index (Phi) is 6.98. The average Bonchev–Trinajstić information content (AvgIpc) is 3.79. The zero-order valence-corrected chi connectivity index (χ0v) is 25.2. The number of alkyl halides is 2. The van der Waals surface area contributed by atoms with E-state index in [1.807, 2.05) is 42.5 Å². The van der Waals surface area contributed by atoms with Crippen molar-refractivity contribution in [3.8, 4) is 11.1 Å². The number of likely N-dealkylation sites (tertiary alicyclic amines) is 1. The average molecular weight is 695 g/mol. The standard InChI is InChI=1S/C32H28FIN4O5/c33-32(34)24-7-3-2-6-22(24)23-14-20(9-10-25(23)32)29(40)36-17-28(39)38-18-31(42-11-12-43-31)15-27(38)30(41)35-16-21-13-19-5-1-4-8-26(19)37-21/h1-10,13-14,27,37H,11-12,15-18H2,(H,35,41)(H,36,40)/t27-,32?/m0/s1. The number of rotatable bonds is 6. The Morgan fingerprint density at radius 2 is 1.70 bits per heavy atom. The summed E-state index contributed by atoms with van der Waals surface area (Å²) in [4.78, 5) is 44.6. The maximum Gasteiger partial charge on any atom is 0.251 e. The van der Waals surface area contributed by atoms with Crippen LogP contribution < -0.4 is 10.6 Å². The summed E-state index contributed by atoms with van der Waals surface area (Å²) in [6.45, 7) is 0.766. The maximum atomic E-state index is 15.6. The number of para-hydroxylation sites is 1. The molecule has 2 aliphatic heterocycles. The van der Waals surface area contributed by atoms with Crippen molar-refractivity contribution in [2.24, 2.45) is 0 Å². The zero-order chi connectivity index (χ0) is 29.8. The van der Waals surface area contributed by atoms with Crippen LogP contribution >= 0.6 is 22.6 Å². The van der Waals surface area contributed by atoms with Crippen LogP contribution in [0.1, 0.15) is 33.6 Å². The molecule has 43 heavy (non-hydrogen) atoms. The number of benzene rings is 3. The molecule has 0 radical (unpaired) electrons. The Morgan fingerprint density at radius 3 is 2.51 bits per heavy atom. The summed E-state index contributed by atoms with van der Waals surface area (Å²) in [5.74, 6) is -2.29. The van der Waals surface area contributed by atoms with Crippen LogP contribution in [0.25, 0.3) is 22.0 Å². The number of hydrogen-bond donors (Lipinski definition) is 3. The van der Waals surface area contributed by atoms with E-state index in [-0.39, 0.29) is 32.0 Å². The van der Waals surface area contributed by atoms with Gasteiger partial charge in [-0.1, -0.05) is 48.5 Å². The molecule has 9 nitrogen and oxygen atoms in total. The number of carbonyl (C=O) groups is 3. The first-order chi connectivity index (χ1) is 20.7. The van der Waals surface area contributed by atoms with Crippen LogP contribution in [0.4, 0.5) is 4.39 Å². The van der Waals surface area contributed by atoms with Crippen molar-refractivity contribution in [3.63, 3.8) is 0 Å². The number of carbonyl (C=O) groups excluding carboxylic acids is 3. The molecule has 1 unspecified atom stereocenters. The molecule has 1 aliphatic carbocycles. The summed E-state index contributed by atoms with van der Waals surface area (Å²) in [5, 5.41) is 6.65. The number of amides is 3. The predicted molar refractivity (Wildman–Crippen MR) is 165 cm³/mol. The van der Waals surface area contributed by atoms with E-state index in [0.717, 1.165) is 22.2 Å². The number of ether oxygens (including phenoxy) is 2. The second-order valence-electron chi connectivity index (χ2n) is 11.0. The van der Waals surface area contributed by atoms with Gasteiger partial charge in [-0.05, 0) is 63.4 Å². The zero-order valence-electron chi connectivity index (χ0n) is 23.0. The van der Waals surface area contributed by atoms with Gasteiger partial charge in [-0.2, -0.15) is 0 Å². The van der Waals surface area contributed by atoms with Crippen molar-refractivity contribution in [3.05, 3.63) is 95.2 Å². The monoisotopic (exact) mass is 694 g/mol. The van der Waals surface area contributed by atoms with E-state index in [2.05, 4.69) is 15.6 Å². The molecule has 3 aliphatic rings. The number of aromatic amines is 1. The molecule has 4 aromatic rings. The summed E-state index contributed by atoms with van der Waals surface area (Å²) in [5.41, 5.74) is 4.54. The van der Waals surface area contributed by atoms with Crippen molar-refractivity contribution in [2.45, 2.75) is 28.5 Å². The van der Waals surface area contributed by atoms with Crippen LogP contribution in [0.3, 0.4) is 0 Å². The Hall–Kier alpha value is -3.81.